The van der Waals surface area contributed by atoms with Crippen molar-refractivity contribution in [1.82, 2.24) is 0 Å². The summed E-state index contributed by atoms with van der Waals surface area (Å²) >= 11 is 0. The minimum Gasteiger partial charge on any atom is -0.371 e. The van der Waals surface area contributed by atoms with Crippen molar-refractivity contribution in [1.29, 1.82) is 5.26 Å². The van der Waals surface area contributed by atoms with Gasteiger partial charge in [-0.1, -0.05) is 24.3 Å². The van der Waals surface area contributed by atoms with Crippen molar-refractivity contribution in [3.63, 3.8) is 0 Å². The molecule has 1 aliphatic rings. The Balaban J connectivity index is 2.06. The van der Waals surface area contributed by atoms with Crippen molar-refractivity contribution in [3.8, 4) is 6.07 Å². The van der Waals surface area contributed by atoms with E-state index in [1.165, 1.54) is 23.9 Å². The van der Waals surface area contributed by atoms with E-state index in [4.69, 9.17) is 5.73 Å². The van der Waals surface area contributed by atoms with Crippen LogP contribution < -0.4 is 10.6 Å². The monoisotopic (exact) mass is 265 g/mol. The highest BCUT2D eigenvalue weighted by Gasteiger charge is 2.20. The number of hydrogen-bond donors (Lipinski definition) is 1. The first-order valence-electron chi connectivity index (χ1n) is 7.20. The van der Waals surface area contributed by atoms with Crippen molar-refractivity contribution < 1.29 is 0 Å². The molecular formula is C17H19N3. The van der Waals surface area contributed by atoms with Crippen LogP contribution in [0.25, 0.3) is 10.8 Å². The number of anilines is 1. The normalized spacial score (nSPS) is 19.0. The van der Waals surface area contributed by atoms with Crippen LogP contribution in [0.3, 0.4) is 0 Å². The molecule has 2 aromatic carbocycles. The number of fused-ring (bicyclic) bond motifs is 1. The highest BCUT2D eigenvalue weighted by atomic mass is 15.1. The van der Waals surface area contributed by atoms with Gasteiger partial charge in [0.25, 0.3) is 0 Å². The molecule has 1 unspecified atom stereocenters. The van der Waals surface area contributed by atoms with Crippen molar-refractivity contribution >= 4 is 16.5 Å². The standard InChI is InChI=1S/C17H19N3/c18-10-13-4-3-9-20(12-13)17-8-7-14(11-19)15-5-1-2-6-16(15)17/h1-2,5-8,13H,3-4,9-10,12,18H2. The van der Waals surface area contributed by atoms with Gasteiger partial charge in [0.15, 0.2) is 0 Å². The fourth-order valence-electron chi connectivity index (χ4n) is 3.13. The third-order valence-corrected chi connectivity index (χ3v) is 4.21. The Labute approximate surface area is 119 Å². The van der Waals surface area contributed by atoms with Crippen LogP contribution in [0.2, 0.25) is 0 Å². The number of nitrogens with two attached hydrogens (primary N) is 1. The van der Waals surface area contributed by atoms with Crippen LogP contribution in [-0.2, 0) is 0 Å². The van der Waals surface area contributed by atoms with Gasteiger partial charge >= 0.3 is 0 Å². The largest absolute Gasteiger partial charge is 0.371 e. The number of nitrogens with zero attached hydrogens (tertiary/aromatic N) is 2. The van der Waals surface area contributed by atoms with Gasteiger partial charge in [0, 0.05) is 29.5 Å². The predicted octanol–water partition coefficient (Wildman–Crippen LogP) is 2.89. The number of rotatable bonds is 2. The first-order chi connectivity index (χ1) is 9.83. The highest BCUT2D eigenvalue weighted by molar-refractivity contribution is 5.97. The molecule has 0 aliphatic carbocycles. The summed E-state index contributed by atoms with van der Waals surface area (Å²) in [6.07, 6.45) is 2.41. The summed E-state index contributed by atoms with van der Waals surface area (Å²) in [5.74, 6) is 0.582. The molecule has 1 fully saturated rings. The van der Waals surface area contributed by atoms with Gasteiger partial charge in [-0.3, -0.25) is 0 Å². The lowest BCUT2D eigenvalue weighted by molar-refractivity contribution is 0.424. The summed E-state index contributed by atoms with van der Waals surface area (Å²) in [6.45, 7) is 2.85. The maximum Gasteiger partial charge on any atom is 0.0998 e. The molecule has 1 saturated heterocycles. The second-order valence-electron chi connectivity index (χ2n) is 5.48. The lowest BCUT2D eigenvalue weighted by atomic mass is 9.96. The molecule has 3 heteroatoms. The fourth-order valence-corrected chi connectivity index (χ4v) is 3.13. The van der Waals surface area contributed by atoms with E-state index >= 15 is 0 Å². The molecule has 1 atom stereocenters. The van der Waals surface area contributed by atoms with Crippen molar-refractivity contribution in [2.45, 2.75) is 12.8 Å². The lowest BCUT2D eigenvalue weighted by Gasteiger charge is -2.34. The Bertz CT molecular complexity index is 657. The Morgan fingerprint density at radius 2 is 2.00 bits per heavy atom. The molecule has 20 heavy (non-hydrogen) atoms. The molecule has 0 bridgehead atoms. The SMILES string of the molecule is N#Cc1ccc(N2CCCC(CN)C2)c2ccccc12. The van der Waals surface area contributed by atoms with E-state index in [0.29, 0.717) is 5.92 Å². The van der Waals surface area contributed by atoms with Gasteiger partial charge < -0.3 is 10.6 Å². The topological polar surface area (TPSA) is 53.0 Å². The van der Waals surface area contributed by atoms with Crippen LogP contribution in [0.4, 0.5) is 5.69 Å². The molecule has 0 amide bonds. The average molecular weight is 265 g/mol. The zero-order valence-electron chi connectivity index (χ0n) is 11.5. The van der Waals surface area contributed by atoms with Gasteiger partial charge in [-0.05, 0) is 37.4 Å². The van der Waals surface area contributed by atoms with Gasteiger partial charge in [-0.15, -0.1) is 0 Å². The van der Waals surface area contributed by atoms with Crippen LogP contribution in [0, 0.1) is 17.2 Å². The lowest BCUT2D eigenvalue weighted by Crippen LogP contribution is -2.38. The third-order valence-electron chi connectivity index (χ3n) is 4.21. The Morgan fingerprint density at radius 1 is 1.20 bits per heavy atom. The Kier molecular flexibility index (Phi) is 3.58. The molecule has 0 saturated carbocycles. The van der Waals surface area contributed by atoms with E-state index in [-0.39, 0.29) is 0 Å². The fraction of sp³-hybridized carbons (Fsp3) is 0.353. The quantitative estimate of drug-likeness (QED) is 0.908. The third kappa shape index (κ3) is 2.23. The Hall–Kier alpha value is -2.05. The molecular weight excluding hydrogens is 246 g/mol. The number of benzene rings is 2. The van der Waals surface area contributed by atoms with Gasteiger partial charge in [0.2, 0.25) is 0 Å². The molecule has 0 radical (unpaired) electrons. The van der Waals surface area contributed by atoms with Crippen LogP contribution >= 0.6 is 0 Å². The van der Waals surface area contributed by atoms with Gasteiger partial charge in [0.05, 0.1) is 11.6 Å². The summed E-state index contributed by atoms with van der Waals surface area (Å²) in [4.78, 5) is 2.42. The highest BCUT2D eigenvalue weighted by Crippen LogP contribution is 2.31. The molecule has 1 aliphatic heterocycles. The molecule has 102 valence electrons. The first-order valence-corrected chi connectivity index (χ1v) is 7.20. The Morgan fingerprint density at radius 3 is 2.75 bits per heavy atom. The zero-order chi connectivity index (χ0) is 13.9. The minimum absolute atomic E-state index is 0.582. The van der Waals surface area contributed by atoms with E-state index in [1.807, 2.05) is 24.3 Å². The summed E-state index contributed by atoms with van der Waals surface area (Å²) in [5, 5.41) is 11.5. The van der Waals surface area contributed by atoms with Crippen molar-refractivity contribution in [3.05, 3.63) is 42.0 Å². The summed E-state index contributed by atoms with van der Waals surface area (Å²) < 4.78 is 0. The molecule has 2 aromatic rings. The number of hydrogen-bond acceptors (Lipinski definition) is 3. The zero-order valence-corrected chi connectivity index (χ0v) is 11.5. The molecule has 0 aromatic heterocycles. The maximum atomic E-state index is 9.24. The second-order valence-corrected chi connectivity index (χ2v) is 5.48. The molecule has 3 rings (SSSR count). The first kappa shape index (κ1) is 13.0. The molecule has 0 spiro atoms. The molecule has 1 heterocycles. The summed E-state index contributed by atoms with van der Waals surface area (Å²) in [5.41, 5.74) is 7.81. The van der Waals surface area contributed by atoms with Gasteiger partial charge in [-0.2, -0.15) is 5.26 Å². The van der Waals surface area contributed by atoms with E-state index in [2.05, 4.69) is 23.1 Å². The van der Waals surface area contributed by atoms with Crippen LogP contribution in [-0.4, -0.2) is 19.6 Å². The maximum absolute atomic E-state index is 9.24. The smallest absolute Gasteiger partial charge is 0.0998 e. The van der Waals surface area contributed by atoms with Crippen LogP contribution in [0.1, 0.15) is 18.4 Å². The van der Waals surface area contributed by atoms with E-state index in [1.54, 1.807) is 0 Å². The minimum atomic E-state index is 0.582. The van der Waals surface area contributed by atoms with Crippen LogP contribution in [0.5, 0.6) is 0 Å². The number of piperidine rings is 1. The van der Waals surface area contributed by atoms with Gasteiger partial charge in [-0.25, -0.2) is 0 Å². The summed E-state index contributed by atoms with van der Waals surface area (Å²) in [7, 11) is 0. The van der Waals surface area contributed by atoms with E-state index in [9.17, 15) is 5.26 Å². The predicted molar refractivity (Wildman–Crippen MR) is 82.7 cm³/mol. The van der Waals surface area contributed by atoms with E-state index in [0.717, 1.165) is 30.6 Å². The summed E-state index contributed by atoms with van der Waals surface area (Å²) in [6, 6.07) is 14.5. The average Bonchev–Trinajstić information content (AvgIpc) is 2.54. The molecule has 2 N–H and O–H groups in total. The van der Waals surface area contributed by atoms with Crippen LogP contribution in [0.15, 0.2) is 36.4 Å². The second kappa shape index (κ2) is 5.52. The van der Waals surface area contributed by atoms with Crippen molar-refractivity contribution in [2.24, 2.45) is 11.7 Å². The molecule has 3 nitrogen and oxygen atoms in total. The van der Waals surface area contributed by atoms with Gasteiger partial charge in [0.1, 0.15) is 0 Å². The van der Waals surface area contributed by atoms with Crippen molar-refractivity contribution in [2.75, 3.05) is 24.5 Å². The van der Waals surface area contributed by atoms with E-state index < -0.39 is 0 Å². The number of nitriles is 1.